The predicted octanol–water partition coefficient (Wildman–Crippen LogP) is 1.95. The van der Waals surface area contributed by atoms with Gasteiger partial charge in [-0.05, 0) is 0 Å². The molecule has 0 aromatic heterocycles. The molecule has 0 spiro atoms. The molecule has 20 heavy (non-hydrogen) atoms. The molecule has 1 unspecified atom stereocenters. The smallest absolute Gasteiger partial charge is 0.393 e. The fourth-order valence-electron chi connectivity index (χ4n) is 0.973. The zero-order chi connectivity index (χ0) is 16.5. The van der Waals surface area contributed by atoms with Crippen LogP contribution in [-0.4, -0.2) is 49.3 Å². The lowest BCUT2D eigenvalue weighted by Gasteiger charge is -2.28. The molecular formula is C8H7F8NO3. The number of rotatable bonds is 3. The van der Waals surface area contributed by atoms with Gasteiger partial charge < -0.3 is 9.64 Å². The van der Waals surface area contributed by atoms with Crippen LogP contribution in [0.25, 0.3) is 0 Å². The number of alkyl halides is 8. The number of amides is 1. The van der Waals surface area contributed by atoms with Crippen molar-refractivity contribution < 1.29 is 49.4 Å². The van der Waals surface area contributed by atoms with Crippen molar-refractivity contribution in [2.75, 3.05) is 14.1 Å². The van der Waals surface area contributed by atoms with Crippen molar-refractivity contribution in [2.24, 2.45) is 5.92 Å². The van der Waals surface area contributed by atoms with Crippen LogP contribution in [0.4, 0.5) is 35.1 Å². The number of nitrogens with zero attached hydrogens (tertiary/aromatic N) is 1. The van der Waals surface area contributed by atoms with Gasteiger partial charge in [0.2, 0.25) is 11.8 Å². The van der Waals surface area contributed by atoms with E-state index in [9.17, 15) is 44.7 Å². The Morgan fingerprint density at radius 1 is 0.950 bits per heavy atom. The van der Waals surface area contributed by atoms with Gasteiger partial charge >= 0.3 is 24.4 Å². The zero-order valence-corrected chi connectivity index (χ0v) is 9.77. The third-order valence-electron chi connectivity index (χ3n) is 1.81. The minimum Gasteiger partial charge on any atom is -0.393 e. The summed E-state index contributed by atoms with van der Waals surface area (Å²) in [7, 11) is 1.34. The molecule has 0 aromatic carbocycles. The Balaban J connectivity index is 5.47. The second-order valence-electron chi connectivity index (χ2n) is 3.66. The monoisotopic (exact) mass is 317 g/mol. The average molecular weight is 317 g/mol. The van der Waals surface area contributed by atoms with Crippen LogP contribution in [0.15, 0.2) is 0 Å². The van der Waals surface area contributed by atoms with Gasteiger partial charge in [-0.15, -0.1) is 0 Å². The fourth-order valence-corrected chi connectivity index (χ4v) is 0.973. The van der Waals surface area contributed by atoms with Crippen molar-refractivity contribution in [2.45, 2.75) is 18.5 Å². The highest BCUT2D eigenvalue weighted by molar-refractivity contribution is 5.81. The van der Waals surface area contributed by atoms with Gasteiger partial charge in [0.1, 0.15) is 0 Å². The summed E-state index contributed by atoms with van der Waals surface area (Å²) in [5.41, 5.74) is 0. The van der Waals surface area contributed by atoms with Crippen LogP contribution in [-0.2, 0) is 14.3 Å². The first kappa shape index (κ1) is 18.4. The Labute approximate surface area is 106 Å². The summed E-state index contributed by atoms with van der Waals surface area (Å²) >= 11 is 0. The maximum Gasteiger partial charge on any atom is 0.491 e. The second kappa shape index (κ2) is 5.40. The molecule has 4 nitrogen and oxygen atoms in total. The molecule has 0 heterocycles. The normalized spacial score (nSPS) is 14.7. The number of ether oxygens (including phenoxy) is 1. The molecule has 1 amide bonds. The van der Waals surface area contributed by atoms with Gasteiger partial charge in [-0.2, -0.15) is 35.1 Å². The summed E-state index contributed by atoms with van der Waals surface area (Å²) in [5.74, 6) is -10.0. The van der Waals surface area contributed by atoms with E-state index in [0.717, 1.165) is 0 Å². The highest BCUT2D eigenvalue weighted by atomic mass is 19.4. The molecule has 0 aromatic rings. The minimum absolute atomic E-state index is 0.0769. The highest BCUT2D eigenvalue weighted by Crippen LogP contribution is 2.41. The zero-order valence-electron chi connectivity index (χ0n) is 9.77. The van der Waals surface area contributed by atoms with Crippen LogP contribution >= 0.6 is 0 Å². The molecule has 0 radical (unpaired) electrons. The quantitative estimate of drug-likeness (QED) is 0.590. The number of hydrogen-bond acceptors (Lipinski definition) is 3. The van der Waals surface area contributed by atoms with Crippen LogP contribution in [0.2, 0.25) is 0 Å². The Kier molecular flexibility index (Phi) is 4.96. The maximum absolute atomic E-state index is 13.1. The third-order valence-corrected chi connectivity index (χ3v) is 1.81. The lowest BCUT2D eigenvalue weighted by Crippen LogP contribution is -2.52. The number of hydrogen-bond donors (Lipinski definition) is 0. The molecule has 0 aliphatic heterocycles. The third kappa shape index (κ3) is 4.49. The maximum atomic E-state index is 13.1. The van der Waals surface area contributed by atoms with Gasteiger partial charge in [-0.25, -0.2) is 4.79 Å². The predicted molar refractivity (Wildman–Crippen MR) is 45.3 cm³/mol. The van der Waals surface area contributed by atoms with Gasteiger partial charge in [-0.1, -0.05) is 0 Å². The van der Waals surface area contributed by atoms with Gasteiger partial charge in [0.15, 0.2) is 0 Å². The topological polar surface area (TPSA) is 46.6 Å². The molecule has 1 atom stereocenters. The van der Waals surface area contributed by atoms with Gasteiger partial charge in [0.05, 0.1) is 0 Å². The van der Waals surface area contributed by atoms with Crippen molar-refractivity contribution in [3.63, 3.8) is 0 Å². The van der Waals surface area contributed by atoms with Crippen molar-refractivity contribution in [1.29, 1.82) is 0 Å². The number of halogens is 8. The largest absolute Gasteiger partial charge is 0.491 e. The lowest BCUT2D eigenvalue weighted by molar-refractivity contribution is -0.324. The molecule has 0 saturated heterocycles. The van der Waals surface area contributed by atoms with E-state index in [-0.39, 0.29) is 4.90 Å². The summed E-state index contributed by atoms with van der Waals surface area (Å²) in [5, 5.41) is 0. The average Bonchev–Trinajstić information content (AvgIpc) is 2.11. The first-order chi connectivity index (χ1) is 8.60. The van der Waals surface area contributed by atoms with E-state index in [1.807, 2.05) is 0 Å². The Bertz CT molecular complexity index is 386. The summed E-state index contributed by atoms with van der Waals surface area (Å²) < 4.78 is 101. The number of carbonyl (C=O) groups is 2. The molecule has 0 saturated carbocycles. The van der Waals surface area contributed by atoms with Crippen LogP contribution in [0, 0.1) is 5.92 Å². The first-order valence-corrected chi connectivity index (χ1v) is 4.56. The highest BCUT2D eigenvalue weighted by Gasteiger charge is 2.65. The molecule has 0 bridgehead atoms. The van der Waals surface area contributed by atoms with Gasteiger partial charge in [0, 0.05) is 14.1 Å². The van der Waals surface area contributed by atoms with Gasteiger partial charge in [-0.3, -0.25) is 4.79 Å². The summed E-state index contributed by atoms with van der Waals surface area (Å²) in [4.78, 5) is 21.3. The van der Waals surface area contributed by atoms with E-state index in [1.165, 1.54) is 0 Å². The van der Waals surface area contributed by atoms with Crippen LogP contribution in [0.1, 0.15) is 0 Å². The van der Waals surface area contributed by atoms with Crippen molar-refractivity contribution >= 4 is 11.9 Å². The molecule has 12 heteroatoms. The van der Waals surface area contributed by atoms with E-state index < -0.39 is 36.3 Å². The molecule has 0 rings (SSSR count). The van der Waals surface area contributed by atoms with Crippen LogP contribution < -0.4 is 0 Å². The fraction of sp³-hybridized carbons (Fsp3) is 0.750. The molecule has 0 fully saturated rings. The van der Waals surface area contributed by atoms with E-state index >= 15 is 0 Å². The van der Waals surface area contributed by atoms with Crippen LogP contribution in [0.3, 0.4) is 0 Å². The van der Waals surface area contributed by atoms with E-state index in [0.29, 0.717) is 14.1 Å². The number of carbonyl (C=O) groups excluding carboxylic acids is 2. The van der Waals surface area contributed by atoms with Crippen LogP contribution in [0.5, 0.6) is 0 Å². The van der Waals surface area contributed by atoms with Crippen molar-refractivity contribution in [1.82, 2.24) is 4.90 Å². The lowest BCUT2D eigenvalue weighted by atomic mass is 10.1. The van der Waals surface area contributed by atoms with E-state index in [2.05, 4.69) is 4.74 Å². The van der Waals surface area contributed by atoms with E-state index in [4.69, 9.17) is 0 Å². The van der Waals surface area contributed by atoms with Crippen molar-refractivity contribution in [3.8, 4) is 0 Å². The second-order valence-corrected chi connectivity index (χ2v) is 3.66. The minimum atomic E-state index is -5.93. The summed E-state index contributed by atoms with van der Waals surface area (Å²) in [6.45, 7) is 0. The SMILES string of the molecule is CN(C)C(=O)C(C(F)(F)F)C(F)(F)OC(=O)C(F)(F)F. The molecular weight excluding hydrogens is 310 g/mol. The Morgan fingerprint density at radius 2 is 1.35 bits per heavy atom. The summed E-state index contributed by atoms with van der Waals surface area (Å²) in [6, 6.07) is 0. The Morgan fingerprint density at radius 3 is 1.60 bits per heavy atom. The van der Waals surface area contributed by atoms with Crippen molar-refractivity contribution in [3.05, 3.63) is 0 Å². The molecule has 0 N–H and O–H groups in total. The summed E-state index contributed by atoms with van der Waals surface area (Å²) in [6.07, 6.45) is -17.6. The molecule has 118 valence electrons. The van der Waals surface area contributed by atoms with Gasteiger partial charge in [0.25, 0.3) is 0 Å². The number of esters is 1. The molecule has 0 aliphatic carbocycles. The van der Waals surface area contributed by atoms with E-state index in [1.54, 1.807) is 0 Å². The first-order valence-electron chi connectivity index (χ1n) is 4.56. The Hall–Kier alpha value is -1.62. The standard InChI is InChI=1S/C8H7F8NO3/c1-17(2)4(18)3(6(9,10)11)8(15,16)20-5(19)7(12,13)14/h3H,1-2H3. The molecule has 0 aliphatic rings.